The average Bonchev–Trinajstić information content (AvgIpc) is 3.24. The Morgan fingerprint density at radius 1 is 1.19 bits per heavy atom. The van der Waals surface area contributed by atoms with Crippen molar-refractivity contribution in [2.45, 2.75) is 31.3 Å². The van der Waals surface area contributed by atoms with Gasteiger partial charge in [-0.1, -0.05) is 36.4 Å². The minimum absolute atomic E-state index is 0.0356. The monoisotopic (exact) mass is 506 g/mol. The summed E-state index contributed by atoms with van der Waals surface area (Å²) in [6.45, 7) is 1.06. The highest BCUT2D eigenvalue weighted by atomic mass is 16.5. The highest BCUT2D eigenvalue weighted by Crippen LogP contribution is 2.46. The number of piperidine rings is 1. The number of hydrogen-bond acceptors (Lipinski definition) is 7. The maximum atomic E-state index is 12.6. The van der Waals surface area contributed by atoms with Crippen molar-refractivity contribution < 1.29 is 24.2 Å². The quantitative estimate of drug-likeness (QED) is 0.428. The van der Waals surface area contributed by atoms with Crippen LogP contribution < -0.4 is 21.5 Å². The predicted molar refractivity (Wildman–Crippen MR) is 134 cm³/mol. The van der Waals surface area contributed by atoms with E-state index >= 15 is 0 Å². The van der Waals surface area contributed by atoms with Gasteiger partial charge in [0.1, 0.15) is 11.3 Å². The molecule has 194 valence electrons. The Morgan fingerprint density at radius 3 is 2.59 bits per heavy atom. The minimum atomic E-state index is -1.21. The zero-order chi connectivity index (χ0) is 26.6. The molecular formula is C26H30N6O5. The van der Waals surface area contributed by atoms with Gasteiger partial charge in [-0.2, -0.15) is 5.11 Å². The number of benzene rings is 2. The van der Waals surface area contributed by atoms with Gasteiger partial charge in [-0.15, -0.1) is 5.11 Å². The summed E-state index contributed by atoms with van der Waals surface area (Å²) in [6.07, 6.45) is 0.847. The summed E-state index contributed by atoms with van der Waals surface area (Å²) in [5.41, 5.74) is 12.6. The molecule has 2 aromatic rings. The van der Waals surface area contributed by atoms with E-state index in [1.54, 1.807) is 24.3 Å². The molecule has 1 fully saturated rings. The number of carboxylic acid groups (broad SMARTS) is 1. The number of azo groups is 1. The van der Waals surface area contributed by atoms with Crippen molar-refractivity contribution in [1.29, 1.82) is 0 Å². The number of carbonyl (C=O) groups excluding carboxylic acids is 2. The summed E-state index contributed by atoms with van der Waals surface area (Å²) >= 11 is 0. The number of methoxy groups -OCH3 is 1. The summed E-state index contributed by atoms with van der Waals surface area (Å²) < 4.78 is 5.25. The predicted octanol–water partition coefficient (Wildman–Crippen LogP) is 2.72. The average molecular weight is 507 g/mol. The summed E-state index contributed by atoms with van der Waals surface area (Å²) in [5.74, 6) is -0.608. The van der Waals surface area contributed by atoms with Crippen LogP contribution in [-0.4, -0.2) is 48.1 Å². The van der Waals surface area contributed by atoms with Crippen LogP contribution in [0.5, 0.6) is 5.75 Å². The molecule has 4 rings (SSSR count). The molecule has 11 heteroatoms. The number of hydrogen-bond donors (Lipinski definition) is 4. The number of ether oxygens (including phenoxy) is 1. The Balaban J connectivity index is 1.56. The number of amides is 3. The molecule has 0 spiro atoms. The van der Waals surface area contributed by atoms with Crippen molar-refractivity contribution in [2.75, 3.05) is 20.2 Å². The normalized spacial score (nSPS) is 21.1. The topological polar surface area (TPSA) is 173 Å². The fourth-order valence-corrected chi connectivity index (χ4v) is 5.08. The van der Waals surface area contributed by atoms with Gasteiger partial charge in [0.15, 0.2) is 5.82 Å². The van der Waals surface area contributed by atoms with Gasteiger partial charge >= 0.3 is 6.09 Å². The van der Waals surface area contributed by atoms with Gasteiger partial charge in [0.05, 0.1) is 18.2 Å². The van der Waals surface area contributed by atoms with Crippen molar-refractivity contribution in [2.24, 2.45) is 27.6 Å². The number of carbonyl (C=O) groups is 3. The first-order chi connectivity index (χ1) is 17.7. The summed E-state index contributed by atoms with van der Waals surface area (Å²) in [7, 11) is 1.51. The number of primary amides is 1. The summed E-state index contributed by atoms with van der Waals surface area (Å²) in [5, 5.41) is 20.8. The molecule has 0 saturated carbocycles. The number of rotatable bonds is 8. The highest BCUT2D eigenvalue weighted by molar-refractivity contribution is 5.97. The van der Waals surface area contributed by atoms with E-state index in [1.807, 2.05) is 24.3 Å². The smallest absolute Gasteiger partial charge is 0.407 e. The number of nitrogens with one attached hydrogen (secondary N) is 1. The van der Waals surface area contributed by atoms with Gasteiger partial charge in [0.25, 0.3) is 11.8 Å². The van der Waals surface area contributed by atoms with Gasteiger partial charge < -0.3 is 31.5 Å². The first-order valence-corrected chi connectivity index (χ1v) is 12.0. The van der Waals surface area contributed by atoms with Gasteiger partial charge in [0.2, 0.25) is 0 Å². The molecular weight excluding hydrogens is 476 g/mol. The molecule has 2 aliphatic rings. The fourth-order valence-electron chi connectivity index (χ4n) is 5.08. The van der Waals surface area contributed by atoms with Crippen LogP contribution in [0, 0.1) is 5.92 Å². The van der Waals surface area contributed by atoms with Crippen molar-refractivity contribution in [3.8, 4) is 5.75 Å². The molecule has 1 saturated heterocycles. The van der Waals surface area contributed by atoms with Crippen molar-refractivity contribution in [3.05, 3.63) is 76.6 Å². The van der Waals surface area contributed by atoms with Gasteiger partial charge in [-0.3, -0.25) is 9.59 Å². The van der Waals surface area contributed by atoms with Crippen LogP contribution in [-0.2, 0) is 16.9 Å². The second kappa shape index (κ2) is 10.7. The van der Waals surface area contributed by atoms with Crippen LogP contribution in [0.15, 0.2) is 70.2 Å². The molecule has 3 amide bonds. The lowest BCUT2D eigenvalue weighted by atomic mass is 9.74. The van der Waals surface area contributed by atoms with Crippen molar-refractivity contribution >= 4 is 17.9 Å². The van der Waals surface area contributed by atoms with E-state index in [4.69, 9.17) is 16.2 Å². The number of nitrogens with two attached hydrogens (primary N) is 2. The molecule has 2 atom stereocenters. The van der Waals surface area contributed by atoms with Gasteiger partial charge in [-0.25, -0.2) is 4.79 Å². The Morgan fingerprint density at radius 2 is 1.92 bits per heavy atom. The largest absolute Gasteiger partial charge is 0.496 e. The van der Waals surface area contributed by atoms with E-state index in [0.29, 0.717) is 42.8 Å². The van der Waals surface area contributed by atoms with Crippen molar-refractivity contribution in [1.82, 2.24) is 10.2 Å². The Labute approximate surface area is 214 Å². The molecule has 2 heterocycles. The highest BCUT2D eigenvalue weighted by Gasteiger charge is 2.47. The van der Waals surface area contributed by atoms with E-state index in [-0.39, 0.29) is 29.8 Å². The van der Waals surface area contributed by atoms with Crippen LogP contribution in [0.2, 0.25) is 0 Å². The minimum Gasteiger partial charge on any atom is -0.496 e. The van der Waals surface area contributed by atoms with Crippen molar-refractivity contribution in [3.63, 3.8) is 0 Å². The van der Waals surface area contributed by atoms with Crippen LogP contribution in [0.25, 0.3) is 0 Å². The molecule has 2 aromatic carbocycles. The Bertz CT molecular complexity index is 1260. The maximum absolute atomic E-state index is 12.6. The van der Waals surface area contributed by atoms with Gasteiger partial charge in [0, 0.05) is 19.6 Å². The second-order valence-corrected chi connectivity index (χ2v) is 9.21. The van der Waals surface area contributed by atoms with Crippen LogP contribution in [0.1, 0.15) is 40.7 Å². The van der Waals surface area contributed by atoms with E-state index in [2.05, 4.69) is 15.5 Å². The van der Waals surface area contributed by atoms with Crippen LogP contribution in [0.3, 0.4) is 0 Å². The lowest BCUT2D eigenvalue weighted by molar-refractivity contribution is -0.115. The van der Waals surface area contributed by atoms with E-state index in [1.165, 1.54) is 12.0 Å². The van der Waals surface area contributed by atoms with Gasteiger partial charge in [-0.05, 0) is 48.4 Å². The van der Waals surface area contributed by atoms with E-state index in [9.17, 15) is 19.5 Å². The number of likely N-dealkylation sites (tertiary alicyclic amines) is 1. The first-order valence-electron chi connectivity index (χ1n) is 12.0. The molecule has 37 heavy (non-hydrogen) atoms. The SMILES string of the molecule is COc1ccccc1C(=O)NCc1ccc(C2(C[C@H]3CCCN(C(=O)O)C3)N=NC(N)=C2C(N)=O)cc1. The standard InChI is InChI=1S/C26H30N6O5/c1-37-20-7-3-2-6-19(20)24(34)29-14-16-8-10-18(11-9-16)26(21(23(28)33)22(27)30-31-26)13-17-5-4-12-32(15-17)25(35)36/h2-3,6-11,17H,4-5,12-15,27H2,1H3,(H2,28,33)(H,29,34)(H,35,36)/t17-,26?/m1/s1. The second-order valence-electron chi connectivity index (χ2n) is 9.21. The third kappa shape index (κ3) is 5.25. The fraction of sp³-hybridized carbons (Fsp3) is 0.346. The lowest BCUT2D eigenvalue weighted by Crippen LogP contribution is -2.42. The van der Waals surface area contributed by atoms with Crippen LogP contribution >= 0.6 is 0 Å². The molecule has 6 N–H and O–H groups in total. The van der Waals surface area contributed by atoms with E-state index < -0.39 is 17.5 Å². The van der Waals surface area contributed by atoms with Crippen LogP contribution in [0.4, 0.5) is 4.79 Å². The Hall–Kier alpha value is -4.41. The molecule has 0 aliphatic carbocycles. The molecule has 0 aromatic heterocycles. The molecule has 1 unspecified atom stereocenters. The molecule has 0 bridgehead atoms. The third-order valence-corrected chi connectivity index (χ3v) is 6.85. The number of para-hydroxylation sites is 1. The first kappa shape index (κ1) is 25.7. The summed E-state index contributed by atoms with van der Waals surface area (Å²) in [4.78, 5) is 38.0. The zero-order valence-corrected chi connectivity index (χ0v) is 20.5. The zero-order valence-electron chi connectivity index (χ0n) is 20.5. The molecule has 0 radical (unpaired) electrons. The van der Waals surface area contributed by atoms with E-state index in [0.717, 1.165) is 12.0 Å². The molecule has 11 nitrogen and oxygen atoms in total. The number of nitrogens with zero attached hydrogens (tertiary/aromatic N) is 3. The third-order valence-electron chi connectivity index (χ3n) is 6.85. The lowest BCUT2D eigenvalue weighted by Gasteiger charge is -2.36. The Kier molecular flexibility index (Phi) is 7.42. The summed E-state index contributed by atoms with van der Waals surface area (Å²) in [6, 6.07) is 14.2. The maximum Gasteiger partial charge on any atom is 0.407 e. The molecule has 2 aliphatic heterocycles.